The van der Waals surface area contributed by atoms with Gasteiger partial charge < -0.3 is 10.6 Å². The van der Waals surface area contributed by atoms with Crippen LogP contribution in [0.1, 0.15) is 11.1 Å². The topological polar surface area (TPSA) is 78.5 Å². The van der Waals surface area contributed by atoms with E-state index in [2.05, 4.69) is 10.6 Å². The van der Waals surface area contributed by atoms with E-state index in [-0.39, 0.29) is 17.3 Å². The molecule has 0 aliphatic carbocycles. The fourth-order valence-electron chi connectivity index (χ4n) is 2.31. The molecule has 2 aromatic carbocycles. The number of nitrogens with zero attached hydrogens (tertiary/aromatic N) is 1. The molecule has 2 N–H and O–H groups in total. The summed E-state index contributed by atoms with van der Waals surface area (Å²) in [7, 11) is -0.517. The van der Waals surface area contributed by atoms with Crippen molar-refractivity contribution in [2.45, 2.75) is 18.7 Å². The van der Waals surface area contributed by atoms with E-state index in [1.165, 1.54) is 31.8 Å². The van der Waals surface area contributed by atoms with Crippen LogP contribution in [-0.4, -0.2) is 39.3 Å². The molecule has 0 aliphatic rings. The van der Waals surface area contributed by atoms with Crippen LogP contribution in [0, 0.1) is 13.8 Å². The smallest absolute Gasteiger partial charge is 0.243 e. The van der Waals surface area contributed by atoms with Crippen LogP contribution in [0.2, 0.25) is 0 Å². The Kier molecular flexibility index (Phi) is 5.81. The molecule has 0 saturated heterocycles. The van der Waals surface area contributed by atoms with Crippen molar-refractivity contribution in [2.75, 3.05) is 31.3 Å². The van der Waals surface area contributed by atoms with Crippen LogP contribution >= 0.6 is 0 Å². The first-order chi connectivity index (χ1) is 11.7. The van der Waals surface area contributed by atoms with Crippen molar-refractivity contribution in [1.82, 2.24) is 4.31 Å². The molecule has 7 heteroatoms. The summed E-state index contributed by atoms with van der Waals surface area (Å²) in [6, 6.07) is 12.1. The molecule has 0 fully saturated rings. The van der Waals surface area contributed by atoms with E-state index < -0.39 is 10.0 Å². The van der Waals surface area contributed by atoms with Crippen LogP contribution in [0.25, 0.3) is 0 Å². The molecule has 2 aromatic rings. The molecule has 0 spiro atoms. The molecule has 0 bridgehead atoms. The van der Waals surface area contributed by atoms with Gasteiger partial charge in [0.25, 0.3) is 0 Å². The second kappa shape index (κ2) is 7.67. The molecule has 0 heterocycles. The first kappa shape index (κ1) is 19.0. The third-order valence-corrected chi connectivity index (χ3v) is 5.57. The summed E-state index contributed by atoms with van der Waals surface area (Å²) in [6.07, 6.45) is 0. The number of benzene rings is 2. The lowest BCUT2D eigenvalue weighted by Crippen LogP contribution is -2.23. The Bertz CT molecular complexity index is 860. The Morgan fingerprint density at radius 2 is 1.68 bits per heavy atom. The van der Waals surface area contributed by atoms with E-state index >= 15 is 0 Å². The fourth-order valence-corrected chi connectivity index (χ4v) is 3.22. The van der Waals surface area contributed by atoms with E-state index in [9.17, 15) is 13.2 Å². The molecule has 0 saturated carbocycles. The van der Waals surface area contributed by atoms with E-state index in [0.717, 1.165) is 15.6 Å². The molecule has 2 rings (SSSR count). The minimum absolute atomic E-state index is 0.127. The van der Waals surface area contributed by atoms with Crippen molar-refractivity contribution < 1.29 is 13.2 Å². The zero-order valence-electron chi connectivity index (χ0n) is 14.8. The number of rotatable bonds is 6. The first-order valence-corrected chi connectivity index (χ1v) is 9.28. The molecule has 0 radical (unpaired) electrons. The van der Waals surface area contributed by atoms with E-state index in [1.54, 1.807) is 12.1 Å². The van der Waals surface area contributed by atoms with E-state index in [1.807, 2.05) is 32.0 Å². The average molecular weight is 361 g/mol. The van der Waals surface area contributed by atoms with Gasteiger partial charge >= 0.3 is 0 Å². The number of hydrogen-bond donors (Lipinski definition) is 2. The van der Waals surface area contributed by atoms with Gasteiger partial charge in [0.15, 0.2) is 0 Å². The Balaban J connectivity index is 1.97. The number of hydrogen-bond acceptors (Lipinski definition) is 4. The van der Waals surface area contributed by atoms with Gasteiger partial charge in [0, 0.05) is 25.5 Å². The van der Waals surface area contributed by atoms with Gasteiger partial charge in [0.2, 0.25) is 15.9 Å². The second-order valence-electron chi connectivity index (χ2n) is 6.03. The lowest BCUT2D eigenvalue weighted by molar-refractivity contribution is -0.114. The minimum Gasteiger partial charge on any atom is -0.376 e. The summed E-state index contributed by atoms with van der Waals surface area (Å²) in [5.74, 6) is -0.205. The van der Waals surface area contributed by atoms with Crippen LogP contribution in [0.5, 0.6) is 0 Å². The predicted octanol–water partition coefficient (Wildman–Crippen LogP) is 2.60. The van der Waals surface area contributed by atoms with Crippen molar-refractivity contribution in [1.29, 1.82) is 0 Å². The molecule has 1 amide bonds. The second-order valence-corrected chi connectivity index (χ2v) is 8.18. The van der Waals surface area contributed by atoms with E-state index in [4.69, 9.17) is 0 Å². The summed E-state index contributed by atoms with van der Waals surface area (Å²) in [6.45, 7) is 4.13. The van der Waals surface area contributed by atoms with Gasteiger partial charge in [-0.1, -0.05) is 17.7 Å². The summed E-state index contributed by atoms with van der Waals surface area (Å²) >= 11 is 0. The Morgan fingerprint density at radius 3 is 2.24 bits per heavy atom. The molecule has 0 unspecified atom stereocenters. The maximum absolute atomic E-state index is 12.1. The van der Waals surface area contributed by atoms with Crippen LogP contribution in [0.15, 0.2) is 47.4 Å². The monoisotopic (exact) mass is 361 g/mol. The first-order valence-electron chi connectivity index (χ1n) is 7.84. The summed E-state index contributed by atoms with van der Waals surface area (Å²) in [5.41, 5.74) is 3.70. The lowest BCUT2D eigenvalue weighted by Gasteiger charge is -2.13. The van der Waals surface area contributed by atoms with Crippen LogP contribution in [0.4, 0.5) is 11.4 Å². The molecule has 0 atom stereocenters. The van der Waals surface area contributed by atoms with Gasteiger partial charge in [0.05, 0.1) is 11.4 Å². The predicted molar refractivity (Wildman–Crippen MR) is 100 cm³/mol. The number of amides is 1. The summed E-state index contributed by atoms with van der Waals surface area (Å²) < 4.78 is 25.2. The van der Waals surface area contributed by atoms with Crippen LogP contribution in [0.3, 0.4) is 0 Å². The third-order valence-electron chi connectivity index (χ3n) is 3.74. The quantitative estimate of drug-likeness (QED) is 0.829. The summed E-state index contributed by atoms with van der Waals surface area (Å²) in [5, 5.41) is 5.84. The zero-order valence-corrected chi connectivity index (χ0v) is 15.6. The highest BCUT2D eigenvalue weighted by atomic mass is 32.2. The van der Waals surface area contributed by atoms with Crippen molar-refractivity contribution in [2.24, 2.45) is 0 Å². The van der Waals surface area contributed by atoms with Crippen molar-refractivity contribution in [3.8, 4) is 0 Å². The maximum atomic E-state index is 12.1. The molecule has 134 valence electrons. The molecule has 0 aliphatic heterocycles. The van der Waals surface area contributed by atoms with E-state index in [0.29, 0.717) is 5.69 Å². The van der Waals surface area contributed by atoms with Crippen molar-refractivity contribution in [3.63, 3.8) is 0 Å². The van der Waals surface area contributed by atoms with Crippen LogP contribution < -0.4 is 10.6 Å². The van der Waals surface area contributed by atoms with Crippen molar-refractivity contribution >= 4 is 27.3 Å². The summed E-state index contributed by atoms with van der Waals surface area (Å²) in [4.78, 5) is 12.2. The van der Waals surface area contributed by atoms with Gasteiger partial charge in [-0.15, -0.1) is 0 Å². The van der Waals surface area contributed by atoms with Gasteiger partial charge in [-0.05, 0) is 49.7 Å². The van der Waals surface area contributed by atoms with Gasteiger partial charge in [0.1, 0.15) is 0 Å². The number of anilines is 2. The molecule has 0 aromatic heterocycles. The Labute approximate surface area is 148 Å². The van der Waals surface area contributed by atoms with Gasteiger partial charge in [-0.25, -0.2) is 12.7 Å². The Morgan fingerprint density at radius 1 is 1.04 bits per heavy atom. The highest BCUT2D eigenvalue weighted by molar-refractivity contribution is 7.89. The fraction of sp³-hybridized carbons (Fsp3) is 0.278. The lowest BCUT2D eigenvalue weighted by atomic mass is 10.1. The standard InChI is InChI=1S/C18H23N3O3S/c1-13-5-10-17(14(2)11-13)19-12-18(22)20-15-6-8-16(9-7-15)25(23,24)21(3)4/h5-11,19H,12H2,1-4H3,(H,20,22). The minimum atomic E-state index is -3.47. The molecular formula is C18H23N3O3S. The number of nitrogens with one attached hydrogen (secondary N) is 2. The largest absolute Gasteiger partial charge is 0.376 e. The normalized spacial score (nSPS) is 11.4. The molecule has 6 nitrogen and oxygen atoms in total. The number of aryl methyl sites for hydroxylation is 2. The Hall–Kier alpha value is -2.38. The average Bonchev–Trinajstić information content (AvgIpc) is 2.54. The van der Waals surface area contributed by atoms with Crippen molar-refractivity contribution in [3.05, 3.63) is 53.6 Å². The van der Waals surface area contributed by atoms with Gasteiger partial charge in [-0.2, -0.15) is 0 Å². The SMILES string of the molecule is Cc1ccc(NCC(=O)Nc2ccc(S(=O)(=O)N(C)C)cc2)c(C)c1. The molecule has 25 heavy (non-hydrogen) atoms. The van der Waals surface area contributed by atoms with Gasteiger partial charge in [-0.3, -0.25) is 4.79 Å². The third kappa shape index (κ3) is 4.80. The number of carbonyl (C=O) groups excluding carboxylic acids is 1. The molecular weight excluding hydrogens is 338 g/mol. The highest BCUT2D eigenvalue weighted by Gasteiger charge is 2.16. The maximum Gasteiger partial charge on any atom is 0.243 e. The number of sulfonamides is 1. The van der Waals surface area contributed by atoms with Crippen LogP contribution in [-0.2, 0) is 14.8 Å². The number of carbonyl (C=O) groups is 1. The highest BCUT2D eigenvalue weighted by Crippen LogP contribution is 2.17. The zero-order chi connectivity index (χ0) is 18.6.